The smallest absolute Gasteiger partial charge is 0.332 e. The number of carbonyl (C=O) groups excluding carboxylic acids is 1. The largest absolute Gasteiger partial charge is 0.457 e. The fraction of sp³-hybridized carbons (Fsp3) is 0.533. The number of aromatic amines is 1. The van der Waals surface area contributed by atoms with Crippen LogP contribution >= 0.6 is 0 Å². The number of benzene rings is 2. The van der Waals surface area contributed by atoms with Gasteiger partial charge in [0.25, 0.3) is 0 Å². The molecule has 2 atom stereocenters. The van der Waals surface area contributed by atoms with Gasteiger partial charge in [-0.25, -0.2) is 9.78 Å². The highest BCUT2D eigenvalue weighted by Crippen LogP contribution is 2.48. The number of imidazole rings is 1. The minimum absolute atomic E-state index is 0.0397. The third-order valence-corrected chi connectivity index (χ3v) is 6.93. The Morgan fingerprint density at radius 2 is 2.14 bits per heavy atom. The Morgan fingerprint density at radius 1 is 1.33 bits per heavy atom. The molecule has 6 heteroatoms. The van der Waals surface area contributed by atoms with E-state index in [1.807, 2.05) is 63.2 Å². The molecule has 1 aliphatic rings. The highest BCUT2D eigenvalue weighted by atomic mass is 16.6. The van der Waals surface area contributed by atoms with E-state index >= 15 is 0 Å². The van der Waals surface area contributed by atoms with Crippen molar-refractivity contribution in [2.45, 2.75) is 64.3 Å². The zero-order valence-corrected chi connectivity index (χ0v) is 22.1. The molecule has 0 spiro atoms. The maximum Gasteiger partial charge on any atom is 0.332 e. The van der Waals surface area contributed by atoms with E-state index in [1.165, 1.54) is 7.11 Å². The van der Waals surface area contributed by atoms with Gasteiger partial charge in [-0.3, -0.25) is 0 Å². The average molecular weight is 496 g/mol. The minimum Gasteiger partial charge on any atom is -0.457 e. The summed E-state index contributed by atoms with van der Waals surface area (Å²) in [5.74, 6) is -0.205. The first-order valence-electron chi connectivity index (χ1n) is 14.7. The number of methoxy groups -OCH3 is 1. The Bertz CT molecular complexity index is 1310. The van der Waals surface area contributed by atoms with Crippen molar-refractivity contribution in [2.75, 3.05) is 33.8 Å². The van der Waals surface area contributed by atoms with Gasteiger partial charge in [0, 0.05) is 37.8 Å². The Kier molecular flexibility index (Phi) is 6.87. The normalized spacial score (nSPS) is 23.1. The number of carbonyl (C=O) groups is 1. The molecule has 36 heavy (non-hydrogen) atoms. The van der Waals surface area contributed by atoms with Crippen molar-refractivity contribution in [3.63, 3.8) is 0 Å². The van der Waals surface area contributed by atoms with Crippen LogP contribution in [-0.4, -0.2) is 60.2 Å². The number of rotatable bonds is 11. The summed E-state index contributed by atoms with van der Waals surface area (Å²) in [5, 5.41) is 0. The standard InChI is InChI=1S/C30H41N3O3/c1-21(2)29-24-13-12-22(3)19-23(24)14-15-30(29,36-28(34)20-35-5)16-18-33(4)17-8-11-27-31-25-9-6-7-10-26(25)32-27/h6-7,9-10,12-13,19,21,29H,8,11,14-18,20H2,1-5H3,(H,31,32)/t29-,30-/m0/s1/i14D2,18D2. The number of para-hydroxylation sites is 2. The number of fused-ring (bicyclic) bond motifs is 2. The molecule has 0 saturated heterocycles. The van der Waals surface area contributed by atoms with Gasteiger partial charge < -0.3 is 19.4 Å². The lowest BCUT2D eigenvalue weighted by Gasteiger charge is -2.47. The van der Waals surface area contributed by atoms with Crippen molar-refractivity contribution in [1.82, 2.24) is 14.9 Å². The summed E-state index contributed by atoms with van der Waals surface area (Å²) in [4.78, 5) is 22.5. The molecule has 1 aromatic heterocycles. The molecule has 1 heterocycles. The number of ether oxygens (including phenoxy) is 2. The molecule has 3 aromatic rings. The lowest BCUT2D eigenvalue weighted by Crippen LogP contribution is -2.49. The van der Waals surface area contributed by atoms with Gasteiger partial charge in [0.2, 0.25) is 0 Å². The molecule has 4 rings (SSSR count). The summed E-state index contributed by atoms with van der Waals surface area (Å²) in [6.45, 7) is 4.24. The molecule has 0 saturated carbocycles. The number of nitrogens with zero attached hydrogens (tertiary/aromatic N) is 2. The monoisotopic (exact) mass is 495 g/mol. The second-order valence-electron chi connectivity index (χ2n) is 10.2. The van der Waals surface area contributed by atoms with Crippen LogP contribution in [0.1, 0.15) is 67.0 Å². The van der Waals surface area contributed by atoms with Gasteiger partial charge in [0.15, 0.2) is 0 Å². The molecule has 2 aromatic carbocycles. The quantitative estimate of drug-likeness (QED) is 0.359. The molecular weight excluding hydrogens is 450 g/mol. The minimum atomic E-state index is -1.88. The second kappa shape index (κ2) is 11.6. The number of esters is 1. The van der Waals surface area contributed by atoms with E-state index in [1.54, 1.807) is 11.9 Å². The summed E-state index contributed by atoms with van der Waals surface area (Å²) in [6.07, 6.45) is -0.792. The number of nitrogens with one attached hydrogen (secondary N) is 1. The molecule has 1 N–H and O–H groups in total. The lowest BCUT2D eigenvalue weighted by atomic mass is 9.65. The van der Waals surface area contributed by atoms with Gasteiger partial charge in [0.05, 0.1) is 11.0 Å². The predicted octanol–water partition coefficient (Wildman–Crippen LogP) is 5.44. The highest BCUT2D eigenvalue weighted by Gasteiger charge is 2.47. The van der Waals surface area contributed by atoms with Crippen molar-refractivity contribution in [1.29, 1.82) is 0 Å². The van der Waals surface area contributed by atoms with Crippen LogP contribution in [0.25, 0.3) is 11.0 Å². The average Bonchev–Trinajstić information content (AvgIpc) is 3.26. The van der Waals surface area contributed by atoms with Crippen molar-refractivity contribution in [2.24, 2.45) is 5.92 Å². The van der Waals surface area contributed by atoms with Gasteiger partial charge in [0.1, 0.15) is 18.0 Å². The van der Waals surface area contributed by atoms with Gasteiger partial charge in [-0.05, 0) is 68.9 Å². The molecule has 0 bridgehead atoms. The molecule has 0 unspecified atom stereocenters. The lowest BCUT2D eigenvalue weighted by molar-refractivity contribution is -0.172. The number of hydrogen-bond donors (Lipinski definition) is 1. The molecule has 0 aliphatic heterocycles. The predicted molar refractivity (Wildman–Crippen MR) is 144 cm³/mol. The van der Waals surface area contributed by atoms with Crippen molar-refractivity contribution in [3.8, 4) is 0 Å². The van der Waals surface area contributed by atoms with Crippen LogP contribution in [0.3, 0.4) is 0 Å². The van der Waals surface area contributed by atoms with Crippen molar-refractivity contribution >= 4 is 17.0 Å². The van der Waals surface area contributed by atoms with E-state index in [9.17, 15) is 4.79 Å². The molecular formula is C30H41N3O3. The summed E-state index contributed by atoms with van der Waals surface area (Å²) in [5.41, 5.74) is 2.78. The number of aryl methyl sites for hydroxylation is 3. The van der Waals surface area contributed by atoms with E-state index in [0.29, 0.717) is 24.9 Å². The van der Waals surface area contributed by atoms with Gasteiger partial charge in [-0.15, -0.1) is 0 Å². The van der Waals surface area contributed by atoms with Crippen LogP contribution in [0.4, 0.5) is 0 Å². The maximum absolute atomic E-state index is 12.9. The fourth-order valence-corrected chi connectivity index (χ4v) is 5.34. The van der Waals surface area contributed by atoms with Crippen molar-refractivity contribution in [3.05, 3.63) is 65.0 Å². The zero-order chi connectivity index (χ0) is 29.3. The fourth-order valence-electron chi connectivity index (χ4n) is 5.34. The molecule has 194 valence electrons. The third-order valence-electron chi connectivity index (χ3n) is 6.93. The van der Waals surface area contributed by atoms with Gasteiger partial charge >= 0.3 is 5.97 Å². The van der Waals surface area contributed by atoms with Crippen LogP contribution in [0.5, 0.6) is 0 Å². The molecule has 0 fully saturated rings. The number of H-pyrrole nitrogens is 1. The van der Waals surface area contributed by atoms with Crippen LogP contribution in [0, 0.1) is 12.8 Å². The van der Waals surface area contributed by atoms with E-state index in [4.69, 9.17) is 15.0 Å². The zero-order valence-electron chi connectivity index (χ0n) is 26.1. The van der Waals surface area contributed by atoms with Crippen LogP contribution < -0.4 is 0 Å². The first kappa shape index (κ1) is 21.4. The van der Waals surface area contributed by atoms with E-state index < -0.39 is 30.4 Å². The Morgan fingerprint density at radius 3 is 2.89 bits per heavy atom. The first-order valence-corrected chi connectivity index (χ1v) is 12.7. The summed E-state index contributed by atoms with van der Waals surface area (Å²) < 4.78 is 47.4. The summed E-state index contributed by atoms with van der Waals surface area (Å²) in [7, 11) is 3.13. The molecule has 0 radical (unpaired) electrons. The SMILES string of the molecule is [2H]C1([2H])C[C@@](CC([2H])([2H])N(C)CCCc2nc3ccccc3[nH]2)(OC(=O)COC)[C@@H](C(C)C)c2ccc(C)cc21. The topological polar surface area (TPSA) is 67.5 Å². The summed E-state index contributed by atoms with van der Waals surface area (Å²) >= 11 is 0. The first-order chi connectivity index (χ1) is 18.8. The number of aromatic nitrogens is 2. The van der Waals surface area contributed by atoms with E-state index in [-0.39, 0.29) is 25.4 Å². The second-order valence-corrected chi connectivity index (χ2v) is 10.2. The Balaban J connectivity index is 1.61. The van der Waals surface area contributed by atoms with Crippen LogP contribution in [-0.2, 0) is 27.1 Å². The van der Waals surface area contributed by atoms with E-state index in [0.717, 1.165) is 28.0 Å². The van der Waals surface area contributed by atoms with Gasteiger partial charge in [-0.2, -0.15) is 0 Å². The Hall–Kier alpha value is -2.70. The molecule has 1 aliphatic carbocycles. The summed E-state index contributed by atoms with van der Waals surface area (Å²) in [6, 6.07) is 13.6. The maximum atomic E-state index is 12.9. The number of hydrogen-bond acceptors (Lipinski definition) is 5. The Labute approximate surface area is 221 Å². The highest BCUT2D eigenvalue weighted by molar-refractivity contribution is 5.74. The van der Waals surface area contributed by atoms with E-state index in [2.05, 4.69) is 9.97 Å². The third kappa shape index (κ3) is 5.98. The molecule has 6 nitrogen and oxygen atoms in total. The van der Waals surface area contributed by atoms with Crippen molar-refractivity contribution < 1.29 is 19.8 Å². The van der Waals surface area contributed by atoms with Crippen LogP contribution in [0.15, 0.2) is 42.5 Å². The molecule has 0 amide bonds. The van der Waals surface area contributed by atoms with Gasteiger partial charge in [-0.1, -0.05) is 49.7 Å². The van der Waals surface area contributed by atoms with Crippen LogP contribution in [0.2, 0.25) is 0 Å².